The Balaban J connectivity index is 2.16. The fourth-order valence-corrected chi connectivity index (χ4v) is 2.00. The molecule has 1 heterocycles. The van der Waals surface area contributed by atoms with E-state index in [2.05, 4.69) is 9.59 Å². The first-order valence-electron chi connectivity index (χ1n) is 5.48. The lowest BCUT2D eigenvalue weighted by Crippen LogP contribution is -2.08. The first-order chi connectivity index (χ1) is 8.83. The molecule has 18 heavy (non-hydrogen) atoms. The number of rotatable bonds is 6. The molecule has 0 amide bonds. The number of ether oxygens (including phenoxy) is 2. The SMILES string of the molecule is COCCOc1ccccc1C(O)c1csnn1. The second kappa shape index (κ2) is 6.44. The Morgan fingerprint density at radius 3 is 2.89 bits per heavy atom. The van der Waals surface area contributed by atoms with Crippen molar-refractivity contribution in [3.63, 3.8) is 0 Å². The summed E-state index contributed by atoms with van der Waals surface area (Å²) in [7, 11) is 1.62. The third-order valence-corrected chi connectivity index (χ3v) is 2.94. The maximum Gasteiger partial charge on any atom is 0.127 e. The number of benzene rings is 1. The molecule has 6 heteroatoms. The summed E-state index contributed by atoms with van der Waals surface area (Å²) in [6, 6.07) is 7.33. The molecule has 1 atom stereocenters. The highest BCUT2D eigenvalue weighted by molar-refractivity contribution is 7.03. The number of methoxy groups -OCH3 is 1. The summed E-state index contributed by atoms with van der Waals surface area (Å²) in [5.74, 6) is 0.634. The average Bonchev–Trinajstić information content (AvgIpc) is 2.93. The van der Waals surface area contributed by atoms with Crippen LogP contribution < -0.4 is 4.74 Å². The molecule has 0 radical (unpaired) electrons. The number of aliphatic hydroxyl groups is 1. The molecule has 0 fully saturated rings. The highest BCUT2D eigenvalue weighted by atomic mass is 32.1. The maximum absolute atomic E-state index is 10.2. The van der Waals surface area contributed by atoms with E-state index >= 15 is 0 Å². The molecule has 2 aromatic rings. The fourth-order valence-electron chi connectivity index (χ4n) is 1.52. The molecule has 0 saturated heterocycles. The molecule has 2 rings (SSSR count). The van der Waals surface area contributed by atoms with Crippen LogP contribution in [0.25, 0.3) is 0 Å². The van der Waals surface area contributed by atoms with Crippen molar-refractivity contribution in [3.05, 3.63) is 40.9 Å². The Hall–Kier alpha value is -1.50. The van der Waals surface area contributed by atoms with Gasteiger partial charge < -0.3 is 14.6 Å². The highest BCUT2D eigenvalue weighted by Crippen LogP contribution is 2.29. The molecule has 0 spiro atoms. The molecule has 1 N–H and O–H groups in total. The average molecular weight is 266 g/mol. The van der Waals surface area contributed by atoms with Crippen LogP contribution in [0, 0.1) is 0 Å². The van der Waals surface area contributed by atoms with E-state index in [0.717, 1.165) is 0 Å². The van der Waals surface area contributed by atoms with Gasteiger partial charge in [-0.25, -0.2) is 0 Å². The number of aromatic nitrogens is 2. The molecule has 0 aliphatic heterocycles. The van der Waals surface area contributed by atoms with Crippen molar-refractivity contribution >= 4 is 11.5 Å². The summed E-state index contributed by atoms with van der Waals surface area (Å²) in [4.78, 5) is 0. The quantitative estimate of drug-likeness (QED) is 0.805. The lowest BCUT2D eigenvalue weighted by Gasteiger charge is -2.14. The molecule has 0 saturated carbocycles. The second-order valence-electron chi connectivity index (χ2n) is 3.61. The Bertz CT molecular complexity index is 476. The molecule has 0 bridgehead atoms. The minimum atomic E-state index is -0.817. The molecule has 1 unspecified atom stereocenters. The van der Waals surface area contributed by atoms with Crippen LogP contribution in [0.1, 0.15) is 17.4 Å². The summed E-state index contributed by atoms with van der Waals surface area (Å²) in [6.07, 6.45) is -0.817. The molecule has 96 valence electrons. The monoisotopic (exact) mass is 266 g/mol. The largest absolute Gasteiger partial charge is 0.491 e. The van der Waals surface area contributed by atoms with Gasteiger partial charge in [0.25, 0.3) is 0 Å². The fraction of sp³-hybridized carbons (Fsp3) is 0.333. The zero-order valence-electron chi connectivity index (χ0n) is 9.94. The normalized spacial score (nSPS) is 12.3. The summed E-state index contributed by atoms with van der Waals surface area (Å²) >= 11 is 1.21. The summed E-state index contributed by atoms with van der Waals surface area (Å²) in [5.41, 5.74) is 1.21. The summed E-state index contributed by atoms with van der Waals surface area (Å²) < 4.78 is 14.2. The van der Waals surface area contributed by atoms with E-state index in [-0.39, 0.29) is 0 Å². The van der Waals surface area contributed by atoms with Crippen molar-refractivity contribution in [1.82, 2.24) is 9.59 Å². The molecule has 1 aromatic heterocycles. The van der Waals surface area contributed by atoms with E-state index in [0.29, 0.717) is 30.2 Å². The van der Waals surface area contributed by atoms with E-state index in [4.69, 9.17) is 9.47 Å². The van der Waals surface area contributed by atoms with E-state index in [9.17, 15) is 5.11 Å². The Labute approximate surface area is 109 Å². The van der Waals surface area contributed by atoms with Gasteiger partial charge in [-0.05, 0) is 17.6 Å². The van der Waals surface area contributed by atoms with E-state index < -0.39 is 6.10 Å². The number of hydrogen-bond acceptors (Lipinski definition) is 6. The van der Waals surface area contributed by atoms with Gasteiger partial charge in [0.2, 0.25) is 0 Å². The summed E-state index contributed by atoms with van der Waals surface area (Å²) in [6.45, 7) is 0.943. The first-order valence-corrected chi connectivity index (χ1v) is 6.32. The van der Waals surface area contributed by atoms with Crippen LogP contribution in [0.4, 0.5) is 0 Å². The van der Waals surface area contributed by atoms with Gasteiger partial charge in [0.15, 0.2) is 0 Å². The summed E-state index contributed by atoms with van der Waals surface area (Å²) in [5, 5.41) is 15.8. The Kier molecular flexibility index (Phi) is 4.63. The third kappa shape index (κ3) is 3.04. The zero-order valence-corrected chi connectivity index (χ0v) is 10.8. The lowest BCUT2D eigenvalue weighted by molar-refractivity contribution is 0.142. The van der Waals surface area contributed by atoms with Crippen molar-refractivity contribution in [2.45, 2.75) is 6.10 Å². The van der Waals surface area contributed by atoms with Crippen LogP contribution in [0.5, 0.6) is 5.75 Å². The molecule has 0 aliphatic rings. The van der Waals surface area contributed by atoms with Gasteiger partial charge >= 0.3 is 0 Å². The van der Waals surface area contributed by atoms with Gasteiger partial charge in [0.1, 0.15) is 24.2 Å². The van der Waals surface area contributed by atoms with E-state index in [1.54, 1.807) is 12.5 Å². The van der Waals surface area contributed by atoms with Gasteiger partial charge in [-0.3, -0.25) is 0 Å². The van der Waals surface area contributed by atoms with Crippen LogP contribution in [-0.4, -0.2) is 35.0 Å². The molecular formula is C12H14N2O3S. The number of nitrogens with zero attached hydrogens (tertiary/aromatic N) is 2. The van der Waals surface area contributed by atoms with Crippen LogP contribution in [0.3, 0.4) is 0 Å². The predicted octanol–water partition coefficient (Wildman–Crippen LogP) is 1.65. The zero-order chi connectivity index (χ0) is 12.8. The van der Waals surface area contributed by atoms with Crippen LogP contribution in [0.2, 0.25) is 0 Å². The first kappa shape index (κ1) is 12.9. The van der Waals surface area contributed by atoms with Gasteiger partial charge in [0.05, 0.1) is 6.61 Å². The van der Waals surface area contributed by atoms with E-state index in [1.807, 2.05) is 24.3 Å². The van der Waals surface area contributed by atoms with Gasteiger partial charge in [0, 0.05) is 18.1 Å². The maximum atomic E-state index is 10.2. The molecule has 5 nitrogen and oxygen atoms in total. The predicted molar refractivity (Wildman–Crippen MR) is 67.8 cm³/mol. The number of para-hydroxylation sites is 1. The van der Waals surface area contributed by atoms with Crippen LogP contribution in [0.15, 0.2) is 29.6 Å². The van der Waals surface area contributed by atoms with Crippen LogP contribution >= 0.6 is 11.5 Å². The topological polar surface area (TPSA) is 64.5 Å². The van der Waals surface area contributed by atoms with Crippen molar-refractivity contribution < 1.29 is 14.6 Å². The van der Waals surface area contributed by atoms with Crippen molar-refractivity contribution in [2.24, 2.45) is 0 Å². The van der Waals surface area contributed by atoms with Gasteiger partial charge in [-0.1, -0.05) is 22.7 Å². The number of hydrogen-bond donors (Lipinski definition) is 1. The Morgan fingerprint density at radius 2 is 2.17 bits per heavy atom. The second-order valence-corrected chi connectivity index (χ2v) is 4.22. The lowest BCUT2D eigenvalue weighted by atomic mass is 10.1. The van der Waals surface area contributed by atoms with Crippen molar-refractivity contribution in [1.29, 1.82) is 0 Å². The highest BCUT2D eigenvalue weighted by Gasteiger charge is 2.17. The van der Waals surface area contributed by atoms with Gasteiger partial charge in [-0.15, -0.1) is 5.10 Å². The molecular weight excluding hydrogens is 252 g/mol. The minimum Gasteiger partial charge on any atom is -0.491 e. The van der Waals surface area contributed by atoms with Gasteiger partial charge in [-0.2, -0.15) is 0 Å². The molecule has 0 aliphatic carbocycles. The Morgan fingerprint density at radius 1 is 1.33 bits per heavy atom. The number of aliphatic hydroxyl groups excluding tert-OH is 1. The standard InChI is InChI=1S/C12H14N2O3S/c1-16-6-7-17-11-5-3-2-4-9(11)12(15)10-8-18-14-13-10/h2-5,8,12,15H,6-7H2,1H3. The molecule has 1 aromatic carbocycles. The van der Waals surface area contributed by atoms with Crippen molar-refractivity contribution in [2.75, 3.05) is 20.3 Å². The van der Waals surface area contributed by atoms with Crippen molar-refractivity contribution in [3.8, 4) is 5.75 Å². The van der Waals surface area contributed by atoms with Crippen LogP contribution in [-0.2, 0) is 4.74 Å². The smallest absolute Gasteiger partial charge is 0.127 e. The minimum absolute atomic E-state index is 0.440. The third-order valence-electron chi connectivity index (χ3n) is 2.42. The van der Waals surface area contributed by atoms with E-state index in [1.165, 1.54) is 11.5 Å².